The van der Waals surface area contributed by atoms with Crippen LogP contribution in [0.3, 0.4) is 0 Å². The Kier molecular flexibility index (Phi) is 6.16. The van der Waals surface area contributed by atoms with Gasteiger partial charge >= 0.3 is 0 Å². The topological polar surface area (TPSA) is 66.4 Å². The van der Waals surface area contributed by atoms with Crippen molar-refractivity contribution in [3.8, 4) is 0 Å². The maximum atomic E-state index is 12.3. The molecule has 0 aromatic heterocycles. The van der Waals surface area contributed by atoms with Gasteiger partial charge in [0, 0.05) is 23.9 Å². The van der Waals surface area contributed by atoms with E-state index in [1.54, 1.807) is 12.1 Å². The van der Waals surface area contributed by atoms with Crippen molar-refractivity contribution in [3.63, 3.8) is 0 Å². The molecular weight excluding hydrogens is 302 g/mol. The molecule has 0 saturated heterocycles. The molecule has 1 fully saturated rings. The van der Waals surface area contributed by atoms with Gasteiger partial charge in [-0.25, -0.2) is 0 Å². The minimum absolute atomic E-state index is 0.0959. The molecule has 132 valence electrons. The van der Waals surface area contributed by atoms with Crippen molar-refractivity contribution in [1.82, 2.24) is 5.32 Å². The van der Waals surface area contributed by atoms with Gasteiger partial charge in [0.25, 0.3) is 5.91 Å². The van der Waals surface area contributed by atoms with Crippen molar-refractivity contribution in [2.75, 3.05) is 0 Å². The molecule has 24 heavy (non-hydrogen) atoms. The van der Waals surface area contributed by atoms with Crippen LogP contribution in [-0.2, 0) is 11.2 Å². The minimum Gasteiger partial charge on any atom is -0.393 e. The van der Waals surface area contributed by atoms with Gasteiger partial charge in [-0.3, -0.25) is 9.59 Å². The van der Waals surface area contributed by atoms with Crippen molar-refractivity contribution < 1.29 is 14.7 Å². The highest BCUT2D eigenvalue weighted by Crippen LogP contribution is 2.27. The summed E-state index contributed by atoms with van der Waals surface area (Å²) >= 11 is 0. The van der Waals surface area contributed by atoms with E-state index >= 15 is 0 Å². The first kappa shape index (κ1) is 18.7. The van der Waals surface area contributed by atoms with E-state index in [2.05, 4.69) is 5.32 Å². The maximum Gasteiger partial charge on any atom is 0.251 e. The Morgan fingerprint density at radius 2 is 1.92 bits per heavy atom. The molecule has 2 N–H and O–H groups in total. The quantitative estimate of drug-likeness (QED) is 0.870. The van der Waals surface area contributed by atoms with E-state index in [1.807, 2.05) is 32.9 Å². The smallest absolute Gasteiger partial charge is 0.251 e. The fourth-order valence-electron chi connectivity index (χ4n) is 3.25. The van der Waals surface area contributed by atoms with Gasteiger partial charge in [-0.1, -0.05) is 25.0 Å². The number of carbonyl (C=O) groups is 2. The summed E-state index contributed by atoms with van der Waals surface area (Å²) in [6.45, 7) is 5.81. The van der Waals surface area contributed by atoms with Crippen LogP contribution < -0.4 is 5.32 Å². The molecular formula is C20H29NO3. The summed E-state index contributed by atoms with van der Waals surface area (Å²) in [4.78, 5) is 24.6. The molecule has 0 bridgehead atoms. The van der Waals surface area contributed by atoms with Crippen LogP contribution in [0.2, 0.25) is 0 Å². The van der Waals surface area contributed by atoms with Gasteiger partial charge in [-0.15, -0.1) is 0 Å². The molecule has 1 amide bonds. The van der Waals surface area contributed by atoms with Crippen molar-refractivity contribution in [2.45, 2.75) is 70.9 Å². The molecule has 4 heteroatoms. The Bertz CT molecular complexity index is 589. The predicted octanol–water partition coefficient (Wildman–Crippen LogP) is 3.27. The molecule has 1 saturated carbocycles. The zero-order chi connectivity index (χ0) is 17.7. The Morgan fingerprint density at radius 3 is 2.58 bits per heavy atom. The lowest BCUT2D eigenvalue weighted by Crippen LogP contribution is -2.40. The second-order valence-electron chi connectivity index (χ2n) is 7.94. The van der Waals surface area contributed by atoms with Crippen LogP contribution in [0.25, 0.3) is 0 Å². The molecule has 2 rings (SSSR count). The van der Waals surface area contributed by atoms with Gasteiger partial charge in [0.1, 0.15) is 5.78 Å². The molecule has 0 radical (unpaired) electrons. The lowest BCUT2D eigenvalue weighted by molar-refractivity contribution is -0.120. The van der Waals surface area contributed by atoms with Crippen LogP contribution in [0.4, 0.5) is 0 Å². The number of amides is 1. The second-order valence-corrected chi connectivity index (χ2v) is 7.94. The normalized spacial score (nSPS) is 21.3. The van der Waals surface area contributed by atoms with E-state index in [4.69, 9.17) is 0 Å². The van der Waals surface area contributed by atoms with Crippen LogP contribution in [0.1, 0.15) is 68.8 Å². The lowest BCUT2D eigenvalue weighted by Gasteiger charge is -2.26. The highest BCUT2D eigenvalue weighted by atomic mass is 16.3. The molecule has 1 aromatic rings. The van der Waals surface area contributed by atoms with Crippen LogP contribution in [0, 0.1) is 5.92 Å². The highest BCUT2D eigenvalue weighted by Gasteiger charge is 2.25. The molecule has 0 heterocycles. The van der Waals surface area contributed by atoms with Crippen molar-refractivity contribution in [1.29, 1.82) is 0 Å². The zero-order valence-electron chi connectivity index (χ0n) is 15.0. The predicted molar refractivity (Wildman–Crippen MR) is 95.0 cm³/mol. The van der Waals surface area contributed by atoms with Crippen LogP contribution in [0.15, 0.2) is 24.3 Å². The highest BCUT2D eigenvalue weighted by molar-refractivity contribution is 5.95. The number of rotatable bonds is 5. The Balaban J connectivity index is 1.96. The Labute approximate surface area is 144 Å². The standard InChI is InChI=1S/C20H29NO3/c1-20(2,3)21-19(24)16-9-6-7-14(11-16)12-17(22)13-15-8-4-5-10-18(15)23/h6-7,9,11,15,18,23H,4-5,8,10,12-13H2,1-3H3,(H,21,24). The molecule has 4 nitrogen and oxygen atoms in total. The van der Waals surface area contributed by atoms with Gasteiger partial charge in [-0.05, 0) is 57.2 Å². The Hall–Kier alpha value is -1.68. The largest absolute Gasteiger partial charge is 0.393 e. The monoisotopic (exact) mass is 331 g/mol. The van der Waals surface area contributed by atoms with Gasteiger partial charge < -0.3 is 10.4 Å². The summed E-state index contributed by atoms with van der Waals surface area (Å²) in [7, 11) is 0. The fraction of sp³-hybridized carbons (Fsp3) is 0.600. The summed E-state index contributed by atoms with van der Waals surface area (Å²) < 4.78 is 0. The molecule has 0 aliphatic heterocycles. The number of benzene rings is 1. The third-order valence-corrected chi connectivity index (χ3v) is 4.44. The van der Waals surface area contributed by atoms with Crippen LogP contribution >= 0.6 is 0 Å². The molecule has 2 atom stereocenters. The van der Waals surface area contributed by atoms with E-state index in [-0.39, 0.29) is 29.3 Å². The van der Waals surface area contributed by atoms with Crippen LogP contribution in [-0.4, -0.2) is 28.4 Å². The average Bonchev–Trinajstić information content (AvgIpc) is 2.48. The van der Waals surface area contributed by atoms with Crippen molar-refractivity contribution in [3.05, 3.63) is 35.4 Å². The first-order valence-electron chi connectivity index (χ1n) is 8.86. The van der Waals surface area contributed by atoms with Crippen molar-refractivity contribution >= 4 is 11.7 Å². The summed E-state index contributed by atoms with van der Waals surface area (Å²) in [5, 5.41) is 12.9. The van der Waals surface area contributed by atoms with E-state index in [0.717, 1.165) is 31.2 Å². The third kappa shape index (κ3) is 5.75. The Morgan fingerprint density at radius 1 is 1.21 bits per heavy atom. The summed E-state index contributed by atoms with van der Waals surface area (Å²) in [5.74, 6) is 0.104. The molecule has 0 spiro atoms. The van der Waals surface area contributed by atoms with Crippen LogP contribution in [0.5, 0.6) is 0 Å². The number of hydrogen-bond acceptors (Lipinski definition) is 3. The molecule has 1 aromatic carbocycles. The molecule has 1 aliphatic rings. The zero-order valence-corrected chi connectivity index (χ0v) is 15.0. The number of carbonyl (C=O) groups excluding carboxylic acids is 2. The number of aliphatic hydroxyl groups is 1. The summed E-state index contributed by atoms with van der Waals surface area (Å²) in [5.41, 5.74) is 1.14. The van der Waals surface area contributed by atoms with Crippen molar-refractivity contribution in [2.24, 2.45) is 5.92 Å². The second kappa shape index (κ2) is 7.93. The van der Waals surface area contributed by atoms with E-state index in [1.165, 1.54) is 0 Å². The number of aliphatic hydroxyl groups excluding tert-OH is 1. The number of nitrogens with one attached hydrogen (secondary N) is 1. The van der Waals surface area contributed by atoms with Gasteiger partial charge in [0.2, 0.25) is 0 Å². The summed E-state index contributed by atoms with van der Waals surface area (Å²) in [6.07, 6.45) is 4.29. The molecule has 2 unspecified atom stereocenters. The number of Topliss-reactive ketones (excluding diaryl/α,β-unsaturated/α-hetero) is 1. The van der Waals surface area contributed by atoms with Gasteiger partial charge in [0.15, 0.2) is 0 Å². The van der Waals surface area contributed by atoms with Gasteiger partial charge in [0.05, 0.1) is 6.10 Å². The minimum atomic E-state index is -0.341. The van der Waals surface area contributed by atoms with E-state index in [9.17, 15) is 14.7 Å². The molecule has 1 aliphatic carbocycles. The number of hydrogen-bond donors (Lipinski definition) is 2. The van der Waals surface area contributed by atoms with E-state index < -0.39 is 0 Å². The SMILES string of the molecule is CC(C)(C)NC(=O)c1cccc(CC(=O)CC2CCCCC2O)c1. The maximum absolute atomic E-state index is 12.3. The number of ketones is 1. The van der Waals surface area contributed by atoms with E-state index in [0.29, 0.717) is 18.4 Å². The summed E-state index contributed by atoms with van der Waals surface area (Å²) in [6, 6.07) is 7.24. The first-order chi connectivity index (χ1) is 11.2. The fourth-order valence-corrected chi connectivity index (χ4v) is 3.25. The average molecular weight is 331 g/mol. The third-order valence-electron chi connectivity index (χ3n) is 4.44. The first-order valence-corrected chi connectivity index (χ1v) is 8.86. The van der Waals surface area contributed by atoms with Gasteiger partial charge in [-0.2, -0.15) is 0 Å². The lowest BCUT2D eigenvalue weighted by atomic mass is 9.82.